The van der Waals surface area contributed by atoms with Gasteiger partial charge in [-0.3, -0.25) is 10.1 Å². The van der Waals surface area contributed by atoms with Crippen molar-refractivity contribution in [1.29, 1.82) is 0 Å². The van der Waals surface area contributed by atoms with Crippen molar-refractivity contribution in [3.05, 3.63) is 55.9 Å². The quantitative estimate of drug-likeness (QED) is 0.364. The summed E-state index contributed by atoms with van der Waals surface area (Å²) < 4.78 is 6.31. The average molecular weight is 356 g/mol. The third-order valence-corrected chi connectivity index (χ3v) is 2.88. The maximum Gasteiger partial charge on any atom is 0.311 e. The van der Waals surface area contributed by atoms with Gasteiger partial charge in [0.25, 0.3) is 0 Å². The first kappa shape index (κ1) is 12.7. The van der Waals surface area contributed by atoms with Crippen LogP contribution in [0.2, 0.25) is 0 Å². The fourth-order valence-corrected chi connectivity index (χ4v) is 1.73. The number of benzene rings is 1. The summed E-state index contributed by atoms with van der Waals surface area (Å²) in [7, 11) is 0. The van der Waals surface area contributed by atoms with E-state index in [9.17, 15) is 10.1 Å². The molecule has 0 saturated heterocycles. The molecule has 0 bridgehead atoms. The molecule has 2 aromatic rings. The van der Waals surface area contributed by atoms with Crippen LogP contribution in [0.3, 0.4) is 0 Å². The number of hydrogen-bond donors (Lipinski definition) is 0. The highest BCUT2D eigenvalue weighted by atomic mass is 127. The van der Waals surface area contributed by atoms with Crippen LogP contribution >= 0.6 is 22.6 Å². The zero-order valence-corrected chi connectivity index (χ0v) is 11.6. The first-order valence-electron chi connectivity index (χ1n) is 5.11. The largest absolute Gasteiger partial charge is 0.449 e. The predicted molar refractivity (Wildman–Crippen MR) is 74.9 cm³/mol. The minimum Gasteiger partial charge on any atom is -0.449 e. The molecule has 0 radical (unpaired) electrons. The number of aromatic nitrogens is 1. The second-order valence-corrected chi connectivity index (χ2v) is 4.75. The Labute approximate surface area is 117 Å². The smallest absolute Gasteiger partial charge is 0.311 e. The molecule has 1 aromatic carbocycles. The lowest BCUT2D eigenvalue weighted by Crippen LogP contribution is -1.94. The Morgan fingerprint density at radius 1 is 1.33 bits per heavy atom. The van der Waals surface area contributed by atoms with Crippen molar-refractivity contribution in [2.75, 3.05) is 0 Å². The van der Waals surface area contributed by atoms with Gasteiger partial charge in [0.1, 0.15) is 9.45 Å². The molecule has 5 nitrogen and oxygen atoms in total. The molecule has 0 atom stereocenters. The van der Waals surface area contributed by atoms with Gasteiger partial charge in [-0.05, 0) is 53.3 Å². The number of halogens is 1. The number of nitro groups is 1. The summed E-state index contributed by atoms with van der Waals surface area (Å²) in [6.07, 6.45) is 1.53. The molecular formula is C12H9IN2O3. The highest BCUT2D eigenvalue weighted by Crippen LogP contribution is 2.31. The lowest BCUT2D eigenvalue weighted by molar-refractivity contribution is -0.385. The van der Waals surface area contributed by atoms with E-state index in [2.05, 4.69) is 27.6 Å². The Morgan fingerprint density at radius 2 is 2.11 bits per heavy atom. The lowest BCUT2D eigenvalue weighted by atomic mass is 10.2. The molecule has 0 fully saturated rings. The molecule has 1 heterocycles. The van der Waals surface area contributed by atoms with Crippen LogP contribution in [0.5, 0.6) is 11.5 Å². The number of nitro benzene ring substituents is 1. The molecule has 0 amide bonds. The Morgan fingerprint density at radius 3 is 2.72 bits per heavy atom. The molecule has 2 rings (SSSR count). The van der Waals surface area contributed by atoms with E-state index in [1.165, 1.54) is 12.3 Å². The normalized spacial score (nSPS) is 10.1. The SMILES string of the molecule is Cc1ccc(Oc2ccc(I)nc2)c([N+](=O)[O-])c1. The van der Waals surface area contributed by atoms with E-state index in [0.717, 1.165) is 9.26 Å². The van der Waals surface area contributed by atoms with Gasteiger partial charge in [0, 0.05) is 6.07 Å². The molecule has 6 heteroatoms. The van der Waals surface area contributed by atoms with Crippen molar-refractivity contribution < 1.29 is 9.66 Å². The lowest BCUT2D eigenvalue weighted by Gasteiger charge is -2.06. The van der Waals surface area contributed by atoms with Crippen LogP contribution in [0.1, 0.15) is 5.56 Å². The van der Waals surface area contributed by atoms with Crippen molar-refractivity contribution in [3.63, 3.8) is 0 Å². The second kappa shape index (κ2) is 5.30. The average Bonchev–Trinajstić information content (AvgIpc) is 2.34. The summed E-state index contributed by atoms with van der Waals surface area (Å²) >= 11 is 2.07. The Hall–Kier alpha value is -1.70. The minimum atomic E-state index is -0.456. The van der Waals surface area contributed by atoms with Gasteiger partial charge in [-0.1, -0.05) is 6.07 Å². The van der Waals surface area contributed by atoms with Gasteiger partial charge in [-0.15, -0.1) is 0 Å². The molecule has 92 valence electrons. The zero-order valence-electron chi connectivity index (χ0n) is 9.46. The number of pyridine rings is 1. The van der Waals surface area contributed by atoms with Gasteiger partial charge in [-0.25, -0.2) is 4.98 Å². The van der Waals surface area contributed by atoms with E-state index < -0.39 is 4.92 Å². The van der Waals surface area contributed by atoms with E-state index in [-0.39, 0.29) is 11.4 Å². The van der Waals surface area contributed by atoms with Crippen LogP contribution in [-0.4, -0.2) is 9.91 Å². The number of aryl methyl sites for hydroxylation is 1. The summed E-state index contributed by atoms with van der Waals surface area (Å²) in [4.78, 5) is 14.5. The van der Waals surface area contributed by atoms with Gasteiger partial charge in [0.15, 0.2) is 0 Å². The van der Waals surface area contributed by atoms with Crippen LogP contribution in [0, 0.1) is 20.7 Å². The van der Waals surface area contributed by atoms with Crippen molar-refractivity contribution in [1.82, 2.24) is 4.98 Å². The maximum absolute atomic E-state index is 10.9. The third-order valence-electron chi connectivity index (χ3n) is 2.24. The standard InChI is InChI=1S/C12H9IN2O3/c1-8-2-4-11(10(6-8)15(16)17)18-9-3-5-12(13)14-7-9/h2-7H,1H3. The van der Waals surface area contributed by atoms with Crippen molar-refractivity contribution in [2.45, 2.75) is 6.92 Å². The van der Waals surface area contributed by atoms with Crippen LogP contribution in [0.4, 0.5) is 5.69 Å². The maximum atomic E-state index is 10.9. The molecule has 18 heavy (non-hydrogen) atoms. The molecule has 0 saturated carbocycles. The van der Waals surface area contributed by atoms with Crippen LogP contribution in [0.15, 0.2) is 36.5 Å². The minimum absolute atomic E-state index is 0.0476. The van der Waals surface area contributed by atoms with E-state index in [1.807, 2.05) is 0 Å². The zero-order chi connectivity index (χ0) is 13.1. The molecule has 0 aliphatic rings. The first-order valence-corrected chi connectivity index (χ1v) is 6.18. The van der Waals surface area contributed by atoms with Crippen molar-refractivity contribution in [2.24, 2.45) is 0 Å². The Kier molecular flexibility index (Phi) is 3.75. The topological polar surface area (TPSA) is 65.3 Å². The Balaban J connectivity index is 2.34. The Bertz CT molecular complexity index is 584. The van der Waals surface area contributed by atoms with Crippen molar-refractivity contribution >= 4 is 28.3 Å². The van der Waals surface area contributed by atoms with E-state index in [1.54, 1.807) is 31.2 Å². The van der Waals surface area contributed by atoms with Gasteiger partial charge >= 0.3 is 5.69 Å². The molecule has 1 aromatic heterocycles. The highest BCUT2D eigenvalue weighted by Gasteiger charge is 2.15. The predicted octanol–water partition coefficient (Wildman–Crippen LogP) is 3.70. The monoisotopic (exact) mass is 356 g/mol. The summed E-state index contributed by atoms with van der Waals surface area (Å²) in [5.41, 5.74) is 0.767. The fourth-order valence-electron chi connectivity index (χ4n) is 1.41. The number of nitrogens with zero attached hydrogens (tertiary/aromatic N) is 2. The van der Waals surface area contributed by atoms with Gasteiger partial charge in [0.2, 0.25) is 5.75 Å². The first-order chi connectivity index (χ1) is 8.56. The fraction of sp³-hybridized carbons (Fsp3) is 0.0833. The van der Waals surface area contributed by atoms with E-state index in [0.29, 0.717) is 5.75 Å². The number of ether oxygens (including phenoxy) is 1. The number of hydrogen-bond acceptors (Lipinski definition) is 4. The van der Waals surface area contributed by atoms with Gasteiger partial charge in [-0.2, -0.15) is 0 Å². The van der Waals surface area contributed by atoms with E-state index in [4.69, 9.17) is 4.74 Å². The summed E-state index contributed by atoms with van der Waals surface area (Å²) in [6.45, 7) is 1.79. The molecule has 0 aliphatic heterocycles. The summed E-state index contributed by atoms with van der Waals surface area (Å²) in [5, 5.41) is 10.9. The summed E-state index contributed by atoms with van der Waals surface area (Å²) in [6, 6.07) is 8.33. The van der Waals surface area contributed by atoms with E-state index >= 15 is 0 Å². The molecular weight excluding hydrogens is 347 g/mol. The molecule has 0 unspecified atom stereocenters. The molecule has 0 spiro atoms. The molecule has 0 N–H and O–H groups in total. The summed E-state index contributed by atoms with van der Waals surface area (Å²) in [5.74, 6) is 0.691. The third kappa shape index (κ3) is 2.95. The van der Waals surface area contributed by atoms with Crippen LogP contribution in [-0.2, 0) is 0 Å². The molecule has 0 aliphatic carbocycles. The second-order valence-electron chi connectivity index (χ2n) is 3.65. The van der Waals surface area contributed by atoms with Gasteiger partial charge < -0.3 is 4.74 Å². The van der Waals surface area contributed by atoms with Crippen LogP contribution in [0.25, 0.3) is 0 Å². The number of rotatable bonds is 3. The highest BCUT2D eigenvalue weighted by molar-refractivity contribution is 14.1. The van der Waals surface area contributed by atoms with Crippen LogP contribution < -0.4 is 4.74 Å². The van der Waals surface area contributed by atoms with Gasteiger partial charge in [0.05, 0.1) is 11.1 Å². The van der Waals surface area contributed by atoms with Crippen molar-refractivity contribution in [3.8, 4) is 11.5 Å².